The Labute approximate surface area is 321 Å². The molecule has 5 heteroatoms. The van der Waals surface area contributed by atoms with E-state index in [-0.39, 0.29) is 5.41 Å². The van der Waals surface area contributed by atoms with Crippen LogP contribution in [0.2, 0.25) is 0 Å². The van der Waals surface area contributed by atoms with Crippen molar-refractivity contribution in [3.63, 3.8) is 0 Å². The molecule has 6 aromatic carbocycles. The van der Waals surface area contributed by atoms with Crippen LogP contribution in [0.25, 0.3) is 38.9 Å². The number of nitrogens with zero attached hydrogens (tertiary/aromatic N) is 3. The van der Waals surface area contributed by atoms with E-state index in [1.807, 2.05) is 30.2 Å². The Morgan fingerprint density at radius 3 is 1.93 bits per heavy atom. The molecule has 0 bridgehead atoms. The smallest absolute Gasteiger partial charge is 0.179 e. The maximum absolute atomic E-state index is 5.07. The van der Waals surface area contributed by atoms with E-state index in [9.17, 15) is 0 Å². The van der Waals surface area contributed by atoms with Crippen LogP contribution in [-0.4, -0.2) is 22.6 Å². The first-order valence-corrected chi connectivity index (χ1v) is 21.3. The lowest BCUT2D eigenvalue weighted by Crippen LogP contribution is -2.74. The Morgan fingerprint density at radius 2 is 1.17 bits per heavy atom. The first-order valence-electron chi connectivity index (χ1n) is 18.5. The number of benzene rings is 6. The van der Waals surface area contributed by atoms with E-state index < -0.39 is 8.07 Å². The summed E-state index contributed by atoms with van der Waals surface area (Å²) in [6.45, 7) is 4.72. The minimum absolute atomic E-state index is 0.123. The van der Waals surface area contributed by atoms with Crippen molar-refractivity contribution in [2.24, 2.45) is 0 Å². The predicted molar refractivity (Wildman–Crippen MR) is 228 cm³/mol. The molecule has 4 heterocycles. The van der Waals surface area contributed by atoms with E-state index in [1.165, 1.54) is 52.6 Å². The highest BCUT2D eigenvalue weighted by Crippen LogP contribution is 2.51. The first kappa shape index (κ1) is 32.6. The van der Waals surface area contributed by atoms with Gasteiger partial charge in [0.2, 0.25) is 0 Å². The summed E-state index contributed by atoms with van der Waals surface area (Å²) in [5.74, 6) is 0. The van der Waals surface area contributed by atoms with E-state index in [2.05, 4.69) is 188 Å². The molecule has 0 spiro atoms. The van der Waals surface area contributed by atoms with Crippen LogP contribution in [0, 0.1) is 0 Å². The minimum atomic E-state index is -2.89. The molecule has 10 rings (SSSR count). The molecule has 3 aromatic heterocycles. The zero-order valence-electron chi connectivity index (χ0n) is 30.1. The lowest BCUT2D eigenvalue weighted by Gasteiger charge is -2.35. The molecule has 0 saturated carbocycles. The molecule has 0 fully saturated rings. The fourth-order valence-electron chi connectivity index (χ4n) is 8.74. The van der Waals surface area contributed by atoms with Crippen LogP contribution < -0.4 is 20.7 Å². The van der Waals surface area contributed by atoms with Gasteiger partial charge in [-0.3, -0.25) is 9.55 Å². The Morgan fingerprint density at radius 1 is 0.500 bits per heavy atom. The maximum Gasteiger partial charge on any atom is 0.179 e. The fraction of sp³-hybridized carbons (Fsp3) is 0.0612. The predicted octanol–water partition coefficient (Wildman–Crippen LogP) is 9.41. The third-order valence-corrected chi connectivity index (χ3v) is 17.2. The molecule has 3 nitrogen and oxygen atoms in total. The summed E-state index contributed by atoms with van der Waals surface area (Å²) in [6, 6.07) is 64.8. The van der Waals surface area contributed by atoms with Gasteiger partial charge in [-0.2, -0.15) is 0 Å². The Bertz CT molecular complexity index is 2790. The van der Waals surface area contributed by atoms with Gasteiger partial charge in [0.15, 0.2) is 8.07 Å². The number of hydrogen-bond donors (Lipinski definition) is 0. The second-order valence-corrected chi connectivity index (χ2v) is 19.5. The molecule has 0 unspecified atom stereocenters. The summed E-state index contributed by atoms with van der Waals surface area (Å²) in [6.07, 6.45) is 3.80. The summed E-state index contributed by atoms with van der Waals surface area (Å²) >= 11 is 1.88. The summed E-state index contributed by atoms with van der Waals surface area (Å²) in [4.78, 5) is 12.4. The third kappa shape index (κ3) is 5.03. The average Bonchev–Trinajstić information content (AvgIpc) is 3.55. The van der Waals surface area contributed by atoms with Gasteiger partial charge >= 0.3 is 0 Å². The summed E-state index contributed by atoms with van der Waals surface area (Å²) in [7, 11) is -2.89. The topological polar surface area (TPSA) is 30.7 Å². The van der Waals surface area contributed by atoms with Crippen LogP contribution in [0.5, 0.6) is 0 Å². The van der Waals surface area contributed by atoms with Crippen molar-refractivity contribution in [3.8, 4) is 16.9 Å². The van der Waals surface area contributed by atoms with Gasteiger partial charge in [0, 0.05) is 49.6 Å². The van der Waals surface area contributed by atoms with Crippen LogP contribution in [0.15, 0.2) is 198 Å². The fourth-order valence-corrected chi connectivity index (χ4v) is 15.0. The highest BCUT2D eigenvalue weighted by atomic mass is 32.2. The average molecular weight is 728 g/mol. The van der Waals surface area contributed by atoms with E-state index in [4.69, 9.17) is 9.97 Å². The van der Waals surface area contributed by atoms with Gasteiger partial charge in [-0.25, -0.2) is 4.98 Å². The SMILES string of the molecule is CC1(C)c2ccccc2Sc2cc3c(cc21)c1cccnc1n3-c1cccc([Si](c2ccccc2)(c2ccccc2)c2cccc(-c3ccccn3)c2)c1. The molecule has 258 valence electrons. The van der Waals surface area contributed by atoms with Crippen LogP contribution >= 0.6 is 11.8 Å². The number of fused-ring (bicyclic) bond motifs is 5. The van der Waals surface area contributed by atoms with Crippen molar-refractivity contribution in [1.82, 2.24) is 14.5 Å². The Balaban J connectivity index is 1.25. The van der Waals surface area contributed by atoms with E-state index in [0.717, 1.165) is 28.0 Å². The minimum Gasteiger partial charge on any atom is -0.294 e. The van der Waals surface area contributed by atoms with Crippen LogP contribution in [0.1, 0.15) is 25.0 Å². The van der Waals surface area contributed by atoms with Gasteiger partial charge in [-0.1, -0.05) is 147 Å². The lowest BCUT2D eigenvalue weighted by atomic mass is 9.77. The Kier molecular flexibility index (Phi) is 7.75. The van der Waals surface area contributed by atoms with Crippen molar-refractivity contribution in [2.75, 3.05) is 0 Å². The van der Waals surface area contributed by atoms with E-state index in [0.29, 0.717) is 0 Å². The molecular formula is C49H37N3SSi. The van der Waals surface area contributed by atoms with Gasteiger partial charge in [0.05, 0.1) is 11.2 Å². The zero-order valence-corrected chi connectivity index (χ0v) is 32.0. The molecule has 0 N–H and O–H groups in total. The maximum atomic E-state index is 5.07. The molecule has 1 aliphatic rings. The van der Waals surface area contributed by atoms with E-state index >= 15 is 0 Å². The van der Waals surface area contributed by atoms with Gasteiger partial charge in [-0.05, 0) is 86.5 Å². The van der Waals surface area contributed by atoms with Gasteiger partial charge in [0.25, 0.3) is 0 Å². The largest absolute Gasteiger partial charge is 0.294 e. The molecule has 0 amide bonds. The number of aromatic nitrogens is 3. The van der Waals surface area contributed by atoms with Gasteiger partial charge in [-0.15, -0.1) is 0 Å². The van der Waals surface area contributed by atoms with Crippen LogP contribution in [-0.2, 0) is 5.41 Å². The molecular weight excluding hydrogens is 691 g/mol. The van der Waals surface area contributed by atoms with Crippen molar-refractivity contribution in [1.29, 1.82) is 0 Å². The Hall–Kier alpha value is -6.01. The van der Waals surface area contributed by atoms with Gasteiger partial charge in [0.1, 0.15) is 5.65 Å². The summed E-state index contributed by atoms with van der Waals surface area (Å²) < 4.78 is 2.39. The van der Waals surface area contributed by atoms with Crippen molar-refractivity contribution < 1.29 is 0 Å². The van der Waals surface area contributed by atoms with Crippen LogP contribution in [0.3, 0.4) is 0 Å². The van der Waals surface area contributed by atoms with Crippen molar-refractivity contribution in [3.05, 3.63) is 199 Å². The molecule has 1 aliphatic heterocycles. The second kappa shape index (κ2) is 12.8. The molecule has 0 radical (unpaired) electrons. The number of pyridine rings is 2. The van der Waals surface area contributed by atoms with Crippen molar-refractivity contribution in [2.45, 2.75) is 29.1 Å². The van der Waals surface area contributed by atoms with Gasteiger partial charge < -0.3 is 0 Å². The molecule has 0 aliphatic carbocycles. The number of rotatable bonds is 6. The molecule has 9 aromatic rings. The normalized spacial score (nSPS) is 13.4. The quantitative estimate of drug-likeness (QED) is 0.126. The van der Waals surface area contributed by atoms with E-state index in [1.54, 1.807) is 0 Å². The monoisotopic (exact) mass is 727 g/mol. The number of hydrogen-bond acceptors (Lipinski definition) is 3. The van der Waals surface area contributed by atoms with Crippen molar-refractivity contribution >= 4 is 62.5 Å². The van der Waals surface area contributed by atoms with Crippen LogP contribution in [0.4, 0.5) is 0 Å². The standard InChI is InChI=1S/C49H37N3SSi/c1-49(2)42-25-9-10-27-46(42)53-47-33-45-41(32-43(47)49)40-24-15-29-51-48(40)52(45)35-17-14-23-39(31-35)54(36-18-5-3-6-19-36,37-20-7-4-8-21-37)38-22-13-16-34(30-38)44-26-11-12-28-50-44/h3-33H,1-2H3. The molecule has 0 saturated heterocycles. The highest BCUT2D eigenvalue weighted by Gasteiger charge is 2.42. The summed E-state index contributed by atoms with van der Waals surface area (Å²) in [5.41, 5.74) is 7.96. The molecule has 54 heavy (non-hydrogen) atoms. The third-order valence-electron chi connectivity index (χ3n) is 11.3. The highest BCUT2D eigenvalue weighted by molar-refractivity contribution is 7.99. The molecule has 0 atom stereocenters. The second-order valence-electron chi connectivity index (χ2n) is 14.6. The zero-order chi connectivity index (χ0) is 36.3. The first-order chi connectivity index (χ1) is 26.5. The lowest BCUT2D eigenvalue weighted by molar-refractivity contribution is 0.608. The summed E-state index contributed by atoms with van der Waals surface area (Å²) in [5, 5.41) is 7.68.